The minimum absolute atomic E-state index is 0.156. The topological polar surface area (TPSA) is 95.6 Å². The highest BCUT2D eigenvalue weighted by atomic mass is 16.6. The molecule has 5 rings (SSSR count). The van der Waals surface area contributed by atoms with E-state index >= 15 is 0 Å². The number of rotatable bonds is 7. The summed E-state index contributed by atoms with van der Waals surface area (Å²) in [7, 11) is 3.16. The molecule has 37 heavy (non-hydrogen) atoms. The van der Waals surface area contributed by atoms with Crippen molar-refractivity contribution in [2.45, 2.75) is 12.5 Å². The summed E-state index contributed by atoms with van der Waals surface area (Å²) in [6, 6.07) is 17.2. The minimum Gasteiger partial charge on any atom is -0.493 e. The molecule has 0 aliphatic carbocycles. The largest absolute Gasteiger partial charge is 0.493 e. The SMILES string of the molecule is COc1ccc(CCN2C(=O)COc3ccccc3C2C(=O)Nc2ccc3c(c2)OCCO3)cc1OC. The van der Waals surface area contributed by atoms with E-state index in [2.05, 4.69) is 5.32 Å². The van der Waals surface area contributed by atoms with E-state index in [0.29, 0.717) is 66.2 Å². The molecule has 3 aromatic carbocycles. The number of hydrogen-bond donors (Lipinski definition) is 1. The molecule has 2 heterocycles. The Morgan fingerprint density at radius 3 is 2.51 bits per heavy atom. The summed E-state index contributed by atoms with van der Waals surface area (Å²) < 4.78 is 27.7. The number of benzene rings is 3. The third kappa shape index (κ3) is 5.11. The molecule has 0 saturated heterocycles. The molecule has 0 aromatic heterocycles. The number of amides is 2. The van der Waals surface area contributed by atoms with Gasteiger partial charge in [-0.25, -0.2) is 0 Å². The fraction of sp³-hybridized carbons (Fsp3) is 0.286. The number of methoxy groups -OCH3 is 2. The summed E-state index contributed by atoms with van der Waals surface area (Å²) >= 11 is 0. The molecule has 0 fully saturated rings. The minimum atomic E-state index is -0.889. The van der Waals surface area contributed by atoms with Crippen LogP contribution in [0, 0.1) is 0 Å². The Kier molecular flexibility index (Phi) is 7.02. The Morgan fingerprint density at radius 2 is 1.70 bits per heavy atom. The summed E-state index contributed by atoms with van der Waals surface area (Å²) in [6.45, 7) is 1.06. The number of fused-ring (bicyclic) bond motifs is 2. The van der Waals surface area contributed by atoms with Crippen molar-refractivity contribution < 1.29 is 33.3 Å². The van der Waals surface area contributed by atoms with E-state index in [-0.39, 0.29) is 18.4 Å². The van der Waals surface area contributed by atoms with E-state index in [1.54, 1.807) is 43.4 Å². The maximum atomic E-state index is 13.7. The Balaban J connectivity index is 1.43. The molecule has 9 nitrogen and oxygen atoms in total. The number of para-hydroxylation sites is 1. The highest BCUT2D eigenvalue weighted by Crippen LogP contribution is 2.36. The molecule has 0 spiro atoms. The second kappa shape index (κ2) is 10.7. The summed E-state index contributed by atoms with van der Waals surface area (Å²) in [5, 5.41) is 2.95. The lowest BCUT2D eigenvalue weighted by Crippen LogP contribution is -2.42. The van der Waals surface area contributed by atoms with Crippen molar-refractivity contribution in [3.63, 3.8) is 0 Å². The van der Waals surface area contributed by atoms with Crippen molar-refractivity contribution in [2.24, 2.45) is 0 Å². The Labute approximate surface area is 214 Å². The van der Waals surface area contributed by atoms with E-state index in [9.17, 15) is 9.59 Å². The fourth-order valence-electron chi connectivity index (χ4n) is 4.53. The average molecular weight is 505 g/mol. The first kappa shape index (κ1) is 24.3. The van der Waals surface area contributed by atoms with Crippen LogP contribution in [0.25, 0.3) is 0 Å². The summed E-state index contributed by atoms with van der Waals surface area (Å²) in [6.07, 6.45) is 0.502. The van der Waals surface area contributed by atoms with Gasteiger partial charge < -0.3 is 33.9 Å². The monoisotopic (exact) mass is 504 g/mol. The van der Waals surface area contributed by atoms with Gasteiger partial charge >= 0.3 is 0 Å². The molecule has 0 radical (unpaired) electrons. The predicted octanol–water partition coefficient (Wildman–Crippen LogP) is 3.62. The molecule has 1 atom stereocenters. The molecule has 3 aromatic rings. The highest BCUT2D eigenvalue weighted by molar-refractivity contribution is 5.99. The van der Waals surface area contributed by atoms with Crippen LogP contribution in [0.4, 0.5) is 5.69 Å². The number of anilines is 1. The maximum Gasteiger partial charge on any atom is 0.261 e. The molecule has 0 bridgehead atoms. The number of nitrogens with one attached hydrogen (secondary N) is 1. The number of carbonyl (C=O) groups excluding carboxylic acids is 2. The molecular formula is C28H28N2O7. The molecule has 2 aliphatic rings. The first-order valence-corrected chi connectivity index (χ1v) is 12.0. The van der Waals surface area contributed by atoms with Crippen molar-refractivity contribution in [1.82, 2.24) is 4.90 Å². The van der Waals surface area contributed by atoms with Crippen molar-refractivity contribution in [3.8, 4) is 28.7 Å². The molecule has 1 N–H and O–H groups in total. The number of nitrogens with zero attached hydrogens (tertiary/aromatic N) is 1. The van der Waals surface area contributed by atoms with Gasteiger partial charge in [0.25, 0.3) is 11.8 Å². The van der Waals surface area contributed by atoms with Gasteiger partial charge in [0.05, 0.1) is 14.2 Å². The summed E-state index contributed by atoms with van der Waals surface area (Å²) in [4.78, 5) is 28.5. The number of carbonyl (C=O) groups is 2. The molecule has 192 valence electrons. The predicted molar refractivity (Wildman–Crippen MR) is 136 cm³/mol. The molecular weight excluding hydrogens is 476 g/mol. The number of ether oxygens (including phenoxy) is 5. The van der Waals surface area contributed by atoms with Crippen LogP contribution in [0.5, 0.6) is 28.7 Å². The van der Waals surface area contributed by atoms with E-state index in [1.807, 2.05) is 36.4 Å². The summed E-state index contributed by atoms with van der Waals surface area (Å²) in [5.74, 6) is 2.29. The summed E-state index contributed by atoms with van der Waals surface area (Å²) in [5.41, 5.74) is 2.11. The Bertz CT molecular complexity index is 1310. The van der Waals surface area contributed by atoms with Gasteiger partial charge in [0.1, 0.15) is 25.0 Å². The molecule has 9 heteroatoms. The van der Waals surface area contributed by atoms with Crippen LogP contribution in [0.15, 0.2) is 60.7 Å². The lowest BCUT2D eigenvalue weighted by molar-refractivity contribution is -0.139. The molecule has 1 unspecified atom stereocenters. The second-order valence-electron chi connectivity index (χ2n) is 8.60. The third-order valence-corrected chi connectivity index (χ3v) is 6.34. The van der Waals surface area contributed by atoms with Crippen molar-refractivity contribution >= 4 is 17.5 Å². The van der Waals surface area contributed by atoms with Gasteiger partial charge in [-0.2, -0.15) is 0 Å². The van der Waals surface area contributed by atoms with Crippen LogP contribution in [-0.4, -0.2) is 57.3 Å². The van der Waals surface area contributed by atoms with Crippen LogP contribution in [-0.2, 0) is 16.0 Å². The Hall–Kier alpha value is -4.40. The van der Waals surface area contributed by atoms with Crippen LogP contribution in [0.1, 0.15) is 17.2 Å². The van der Waals surface area contributed by atoms with E-state index in [0.717, 1.165) is 5.56 Å². The van der Waals surface area contributed by atoms with Gasteiger partial charge in [-0.15, -0.1) is 0 Å². The zero-order valence-corrected chi connectivity index (χ0v) is 20.7. The van der Waals surface area contributed by atoms with E-state index in [4.69, 9.17) is 23.7 Å². The van der Waals surface area contributed by atoms with Crippen molar-refractivity contribution in [2.75, 3.05) is 45.9 Å². The van der Waals surface area contributed by atoms with Crippen molar-refractivity contribution in [1.29, 1.82) is 0 Å². The zero-order chi connectivity index (χ0) is 25.8. The van der Waals surface area contributed by atoms with Crippen LogP contribution in [0.2, 0.25) is 0 Å². The fourth-order valence-corrected chi connectivity index (χ4v) is 4.53. The smallest absolute Gasteiger partial charge is 0.261 e. The molecule has 0 saturated carbocycles. The standard InChI is InChI=1S/C28H28N2O7/c1-33-22-9-7-18(15-24(22)34-2)11-12-30-26(31)17-37-21-6-4-3-5-20(21)27(30)28(32)29-19-8-10-23-25(16-19)36-14-13-35-23/h3-10,15-16,27H,11-14,17H2,1-2H3,(H,29,32). The highest BCUT2D eigenvalue weighted by Gasteiger charge is 2.36. The van der Waals surface area contributed by atoms with Gasteiger partial charge in [-0.3, -0.25) is 9.59 Å². The average Bonchev–Trinajstić information content (AvgIpc) is 3.07. The van der Waals surface area contributed by atoms with Gasteiger partial charge in [-0.1, -0.05) is 24.3 Å². The maximum absolute atomic E-state index is 13.7. The first-order chi connectivity index (χ1) is 18.1. The Morgan fingerprint density at radius 1 is 0.919 bits per heavy atom. The second-order valence-corrected chi connectivity index (χ2v) is 8.60. The van der Waals surface area contributed by atoms with Crippen LogP contribution >= 0.6 is 0 Å². The van der Waals surface area contributed by atoms with Gasteiger partial charge in [0.2, 0.25) is 0 Å². The normalized spacial score (nSPS) is 16.2. The van der Waals surface area contributed by atoms with Gasteiger partial charge in [0, 0.05) is 23.9 Å². The quantitative estimate of drug-likeness (QED) is 0.525. The zero-order valence-electron chi connectivity index (χ0n) is 20.7. The van der Waals surface area contributed by atoms with Crippen LogP contribution in [0.3, 0.4) is 0 Å². The lowest BCUT2D eigenvalue weighted by Gasteiger charge is -2.29. The number of hydrogen-bond acceptors (Lipinski definition) is 7. The van der Waals surface area contributed by atoms with Gasteiger partial charge in [0.15, 0.2) is 29.6 Å². The van der Waals surface area contributed by atoms with Gasteiger partial charge in [-0.05, 0) is 42.3 Å². The third-order valence-electron chi connectivity index (χ3n) is 6.34. The van der Waals surface area contributed by atoms with E-state index in [1.165, 1.54) is 0 Å². The van der Waals surface area contributed by atoms with E-state index < -0.39 is 6.04 Å². The molecule has 2 aliphatic heterocycles. The molecule has 2 amide bonds. The van der Waals surface area contributed by atoms with Crippen LogP contribution < -0.4 is 29.0 Å². The lowest BCUT2D eigenvalue weighted by atomic mass is 10.0. The first-order valence-electron chi connectivity index (χ1n) is 12.0. The van der Waals surface area contributed by atoms with Crippen molar-refractivity contribution in [3.05, 3.63) is 71.8 Å².